The van der Waals surface area contributed by atoms with Crippen LogP contribution in [-0.4, -0.2) is 17.6 Å². The van der Waals surface area contributed by atoms with Gasteiger partial charge in [0.05, 0.1) is 17.9 Å². The van der Waals surface area contributed by atoms with Crippen LogP contribution in [0, 0.1) is 6.92 Å². The Hall–Kier alpha value is -2.13. The van der Waals surface area contributed by atoms with Crippen LogP contribution in [0.5, 0.6) is 0 Å². The SMILES string of the molecule is CCOC(=O)c1ccc(C)nc1/C=C/c1ccccc1Cl. The molecule has 21 heavy (non-hydrogen) atoms. The molecule has 108 valence electrons. The van der Waals surface area contributed by atoms with Gasteiger partial charge in [-0.1, -0.05) is 35.9 Å². The maximum Gasteiger partial charge on any atom is 0.340 e. The van der Waals surface area contributed by atoms with Crippen LogP contribution < -0.4 is 0 Å². The van der Waals surface area contributed by atoms with Gasteiger partial charge in [0.1, 0.15) is 0 Å². The van der Waals surface area contributed by atoms with E-state index in [1.54, 1.807) is 25.1 Å². The Morgan fingerprint density at radius 3 is 2.71 bits per heavy atom. The minimum Gasteiger partial charge on any atom is -0.462 e. The van der Waals surface area contributed by atoms with Gasteiger partial charge in [-0.2, -0.15) is 0 Å². The number of ether oxygens (including phenoxy) is 1. The molecule has 4 heteroatoms. The van der Waals surface area contributed by atoms with Crippen LogP contribution in [0.3, 0.4) is 0 Å². The summed E-state index contributed by atoms with van der Waals surface area (Å²) in [5.41, 5.74) is 2.73. The highest BCUT2D eigenvalue weighted by Crippen LogP contribution is 2.19. The molecule has 0 fully saturated rings. The van der Waals surface area contributed by atoms with Crippen molar-refractivity contribution in [2.24, 2.45) is 0 Å². The fraction of sp³-hybridized carbons (Fsp3) is 0.176. The van der Waals surface area contributed by atoms with Gasteiger partial charge in [-0.05, 0) is 43.7 Å². The Balaban J connectivity index is 2.37. The summed E-state index contributed by atoms with van der Waals surface area (Å²) in [7, 11) is 0. The molecule has 1 aromatic carbocycles. The third-order valence-electron chi connectivity index (χ3n) is 2.89. The van der Waals surface area contributed by atoms with Gasteiger partial charge in [0.25, 0.3) is 0 Å². The van der Waals surface area contributed by atoms with E-state index in [0.717, 1.165) is 11.3 Å². The minimum absolute atomic E-state index is 0.334. The van der Waals surface area contributed by atoms with E-state index in [2.05, 4.69) is 4.98 Å². The summed E-state index contributed by atoms with van der Waals surface area (Å²) < 4.78 is 5.05. The maximum atomic E-state index is 11.9. The van der Waals surface area contributed by atoms with Crippen LogP contribution in [0.2, 0.25) is 5.02 Å². The second-order valence-corrected chi connectivity index (χ2v) is 4.87. The number of esters is 1. The summed E-state index contributed by atoms with van der Waals surface area (Å²) >= 11 is 6.11. The highest BCUT2D eigenvalue weighted by atomic mass is 35.5. The van der Waals surface area contributed by atoms with Gasteiger partial charge in [0, 0.05) is 10.7 Å². The molecular formula is C17H16ClNO2. The number of pyridine rings is 1. The number of halogens is 1. The molecule has 0 bridgehead atoms. The summed E-state index contributed by atoms with van der Waals surface area (Å²) in [5, 5.41) is 0.652. The summed E-state index contributed by atoms with van der Waals surface area (Å²) in [6.45, 7) is 3.99. The number of carbonyl (C=O) groups excluding carboxylic acids is 1. The lowest BCUT2D eigenvalue weighted by atomic mass is 10.1. The summed E-state index contributed by atoms with van der Waals surface area (Å²) in [5.74, 6) is -0.371. The van der Waals surface area contributed by atoms with Crippen molar-refractivity contribution in [2.75, 3.05) is 6.61 Å². The van der Waals surface area contributed by atoms with Crippen LogP contribution in [0.15, 0.2) is 36.4 Å². The van der Waals surface area contributed by atoms with Gasteiger partial charge in [-0.15, -0.1) is 0 Å². The molecule has 0 spiro atoms. The molecule has 0 aliphatic rings. The molecule has 2 aromatic rings. The molecule has 1 aromatic heterocycles. The summed E-state index contributed by atoms with van der Waals surface area (Å²) in [4.78, 5) is 16.3. The molecule has 0 radical (unpaired) electrons. The smallest absolute Gasteiger partial charge is 0.340 e. The third-order valence-corrected chi connectivity index (χ3v) is 3.23. The van der Waals surface area contributed by atoms with E-state index in [1.807, 2.05) is 37.3 Å². The van der Waals surface area contributed by atoms with Crippen molar-refractivity contribution in [1.29, 1.82) is 0 Å². The van der Waals surface area contributed by atoms with E-state index < -0.39 is 0 Å². The highest BCUT2D eigenvalue weighted by Gasteiger charge is 2.12. The van der Waals surface area contributed by atoms with E-state index in [1.165, 1.54) is 0 Å². The molecule has 0 aliphatic heterocycles. The predicted octanol–water partition coefficient (Wildman–Crippen LogP) is 4.39. The molecule has 0 amide bonds. The van der Waals surface area contributed by atoms with Crippen molar-refractivity contribution in [3.63, 3.8) is 0 Å². The van der Waals surface area contributed by atoms with Gasteiger partial charge < -0.3 is 4.74 Å². The molecule has 1 heterocycles. The molecule has 3 nitrogen and oxygen atoms in total. The lowest BCUT2D eigenvalue weighted by molar-refractivity contribution is 0.0525. The summed E-state index contributed by atoms with van der Waals surface area (Å²) in [6.07, 6.45) is 3.62. The number of hydrogen-bond acceptors (Lipinski definition) is 3. The molecule has 0 atom stereocenters. The summed E-state index contributed by atoms with van der Waals surface area (Å²) in [6, 6.07) is 11.0. The van der Waals surface area contributed by atoms with Crippen molar-refractivity contribution in [3.05, 3.63) is 63.9 Å². The molecule has 0 N–H and O–H groups in total. The van der Waals surface area contributed by atoms with Crippen LogP contribution in [0.4, 0.5) is 0 Å². The molecule has 0 aliphatic carbocycles. The third kappa shape index (κ3) is 3.92. The first-order valence-corrected chi connectivity index (χ1v) is 7.07. The lowest BCUT2D eigenvalue weighted by Gasteiger charge is -2.06. The largest absolute Gasteiger partial charge is 0.462 e. The van der Waals surface area contributed by atoms with Crippen LogP contribution >= 0.6 is 11.6 Å². The van der Waals surface area contributed by atoms with E-state index in [0.29, 0.717) is 22.9 Å². The quantitative estimate of drug-likeness (QED) is 0.786. The zero-order valence-electron chi connectivity index (χ0n) is 12.0. The van der Waals surface area contributed by atoms with Crippen molar-refractivity contribution >= 4 is 29.7 Å². The molecular weight excluding hydrogens is 286 g/mol. The topological polar surface area (TPSA) is 39.2 Å². The maximum absolute atomic E-state index is 11.9. The molecule has 0 saturated heterocycles. The number of nitrogens with zero attached hydrogens (tertiary/aromatic N) is 1. The van der Waals surface area contributed by atoms with Gasteiger partial charge >= 0.3 is 5.97 Å². The van der Waals surface area contributed by atoms with Crippen molar-refractivity contribution in [2.45, 2.75) is 13.8 Å². The average molecular weight is 302 g/mol. The van der Waals surface area contributed by atoms with E-state index in [-0.39, 0.29) is 5.97 Å². The van der Waals surface area contributed by atoms with Gasteiger partial charge in [0.2, 0.25) is 0 Å². The number of carbonyl (C=O) groups is 1. The number of rotatable bonds is 4. The Kier molecular flexibility index (Phi) is 5.12. The van der Waals surface area contributed by atoms with Crippen LogP contribution in [0.1, 0.15) is 34.2 Å². The van der Waals surface area contributed by atoms with Gasteiger partial charge in [0.15, 0.2) is 0 Å². The molecule has 2 rings (SSSR count). The number of aryl methyl sites for hydroxylation is 1. The Labute approximate surface area is 129 Å². The fourth-order valence-corrected chi connectivity index (χ4v) is 2.06. The van der Waals surface area contributed by atoms with E-state index >= 15 is 0 Å². The average Bonchev–Trinajstić information content (AvgIpc) is 2.46. The van der Waals surface area contributed by atoms with Gasteiger partial charge in [-0.3, -0.25) is 4.98 Å². The number of benzene rings is 1. The fourth-order valence-electron chi connectivity index (χ4n) is 1.86. The first-order valence-electron chi connectivity index (χ1n) is 6.69. The molecule has 0 unspecified atom stereocenters. The Morgan fingerprint density at radius 1 is 1.24 bits per heavy atom. The van der Waals surface area contributed by atoms with E-state index in [9.17, 15) is 4.79 Å². The van der Waals surface area contributed by atoms with Crippen LogP contribution in [0.25, 0.3) is 12.2 Å². The first kappa shape index (κ1) is 15.3. The van der Waals surface area contributed by atoms with Crippen molar-refractivity contribution in [1.82, 2.24) is 4.98 Å². The Morgan fingerprint density at radius 2 is 2.00 bits per heavy atom. The Bertz CT molecular complexity index is 680. The number of aromatic nitrogens is 1. The monoisotopic (exact) mass is 301 g/mol. The number of hydrogen-bond donors (Lipinski definition) is 0. The minimum atomic E-state index is -0.371. The zero-order chi connectivity index (χ0) is 15.2. The lowest BCUT2D eigenvalue weighted by Crippen LogP contribution is -2.08. The normalized spacial score (nSPS) is 10.8. The zero-order valence-corrected chi connectivity index (χ0v) is 12.7. The van der Waals surface area contributed by atoms with Crippen LogP contribution in [-0.2, 0) is 4.74 Å². The van der Waals surface area contributed by atoms with Crippen molar-refractivity contribution in [3.8, 4) is 0 Å². The van der Waals surface area contributed by atoms with Crippen molar-refractivity contribution < 1.29 is 9.53 Å². The second-order valence-electron chi connectivity index (χ2n) is 4.46. The first-order chi connectivity index (χ1) is 10.1. The predicted molar refractivity (Wildman–Crippen MR) is 85.3 cm³/mol. The van der Waals surface area contributed by atoms with Gasteiger partial charge in [-0.25, -0.2) is 4.79 Å². The molecule has 0 saturated carbocycles. The van der Waals surface area contributed by atoms with E-state index in [4.69, 9.17) is 16.3 Å². The second kappa shape index (κ2) is 7.04. The highest BCUT2D eigenvalue weighted by molar-refractivity contribution is 6.32. The standard InChI is InChI=1S/C17H16ClNO2/c1-3-21-17(20)14-10-8-12(2)19-16(14)11-9-13-6-4-5-7-15(13)18/h4-11H,3H2,1-2H3/b11-9+.